The van der Waals surface area contributed by atoms with Crippen LogP contribution in [0, 0.1) is 0 Å². The van der Waals surface area contributed by atoms with Crippen LogP contribution in [0.5, 0.6) is 5.88 Å². The summed E-state index contributed by atoms with van der Waals surface area (Å²) in [7, 11) is -1.99. The molecule has 3 aromatic rings. The molecule has 25 heavy (non-hydrogen) atoms. The summed E-state index contributed by atoms with van der Waals surface area (Å²) in [5.41, 5.74) is 2.97. The zero-order valence-corrected chi connectivity index (χ0v) is 14.6. The largest absolute Gasteiger partial charge is 0.481 e. The molecule has 0 spiro atoms. The van der Waals surface area contributed by atoms with E-state index in [1.165, 1.54) is 0 Å². The third-order valence-electron chi connectivity index (χ3n) is 3.42. The zero-order valence-electron chi connectivity index (χ0n) is 13.8. The monoisotopic (exact) mass is 359 g/mol. The fourth-order valence-electron chi connectivity index (χ4n) is 2.30. The smallest absolute Gasteiger partial charge is 0.264 e. The van der Waals surface area contributed by atoms with Crippen LogP contribution in [0.3, 0.4) is 0 Å². The van der Waals surface area contributed by atoms with Gasteiger partial charge in [-0.1, -0.05) is 30.3 Å². The first-order valence-corrected chi connectivity index (χ1v) is 9.27. The highest BCUT2D eigenvalue weighted by Gasteiger charge is 2.14. The molecule has 0 N–H and O–H groups in total. The van der Waals surface area contributed by atoms with Gasteiger partial charge in [-0.2, -0.15) is 13.5 Å². The van der Waals surface area contributed by atoms with Crippen LogP contribution in [0.25, 0.3) is 16.9 Å². The molecule has 0 saturated carbocycles. The summed E-state index contributed by atoms with van der Waals surface area (Å²) >= 11 is 0. The van der Waals surface area contributed by atoms with E-state index >= 15 is 0 Å². The van der Waals surface area contributed by atoms with E-state index in [4.69, 9.17) is 8.92 Å². The van der Waals surface area contributed by atoms with Gasteiger partial charge in [0.2, 0.25) is 5.88 Å². The van der Waals surface area contributed by atoms with Crippen LogP contribution < -0.4 is 4.74 Å². The Morgan fingerprint density at radius 1 is 1.12 bits per heavy atom. The highest BCUT2D eigenvalue weighted by atomic mass is 32.2. The highest BCUT2D eigenvalue weighted by molar-refractivity contribution is 7.85. The molecule has 0 amide bonds. The van der Waals surface area contributed by atoms with Gasteiger partial charge < -0.3 is 4.74 Å². The Morgan fingerprint density at radius 2 is 1.88 bits per heavy atom. The summed E-state index contributed by atoms with van der Waals surface area (Å²) in [5, 5.41) is 4.46. The topological polar surface area (TPSA) is 83.3 Å². The van der Waals surface area contributed by atoms with Crippen molar-refractivity contribution < 1.29 is 17.3 Å². The number of ether oxygens (including phenoxy) is 1. The molecule has 0 radical (unpaired) electrons. The third kappa shape index (κ3) is 4.23. The van der Waals surface area contributed by atoms with Crippen LogP contribution in [-0.2, 0) is 20.9 Å². The number of aromatic nitrogens is 3. The molecular formula is C17H17N3O4S. The lowest BCUT2D eigenvalue weighted by molar-refractivity contribution is 0.306. The first kappa shape index (κ1) is 17.1. The zero-order chi connectivity index (χ0) is 17.9. The van der Waals surface area contributed by atoms with Crippen molar-refractivity contribution in [3.05, 3.63) is 60.4 Å². The predicted octanol–water partition coefficient (Wildman–Crippen LogP) is 2.42. The highest BCUT2D eigenvalue weighted by Crippen LogP contribution is 2.24. The van der Waals surface area contributed by atoms with Crippen LogP contribution in [0.1, 0.15) is 5.69 Å². The average molecular weight is 359 g/mol. The molecular weight excluding hydrogens is 342 g/mol. The molecule has 0 unspecified atom stereocenters. The van der Waals surface area contributed by atoms with Crippen LogP contribution >= 0.6 is 0 Å². The van der Waals surface area contributed by atoms with Gasteiger partial charge in [0.25, 0.3) is 10.1 Å². The van der Waals surface area contributed by atoms with E-state index in [0.717, 1.165) is 23.2 Å². The van der Waals surface area contributed by atoms with Gasteiger partial charge in [-0.05, 0) is 12.1 Å². The van der Waals surface area contributed by atoms with Gasteiger partial charge in [-0.15, -0.1) is 0 Å². The molecule has 1 aromatic carbocycles. The molecule has 8 heteroatoms. The average Bonchev–Trinajstić information content (AvgIpc) is 3.05. The lowest BCUT2D eigenvalue weighted by atomic mass is 10.1. The minimum Gasteiger partial charge on any atom is -0.481 e. The molecule has 2 aromatic heterocycles. The molecule has 0 aliphatic rings. The van der Waals surface area contributed by atoms with Gasteiger partial charge in [-0.25, -0.2) is 9.67 Å². The maximum absolute atomic E-state index is 11.2. The number of methoxy groups -OCH3 is 1. The quantitative estimate of drug-likeness (QED) is 0.629. The van der Waals surface area contributed by atoms with E-state index in [1.54, 1.807) is 30.1 Å². The normalized spacial score (nSPS) is 11.4. The summed E-state index contributed by atoms with van der Waals surface area (Å²) in [6.07, 6.45) is 2.65. The van der Waals surface area contributed by atoms with E-state index in [9.17, 15) is 8.42 Å². The van der Waals surface area contributed by atoms with E-state index < -0.39 is 10.1 Å². The summed E-state index contributed by atoms with van der Waals surface area (Å²) < 4.78 is 34.1. The van der Waals surface area contributed by atoms with E-state index in [0.29, 0.717) is 11.6 Å². The number of hydrogen-bond donors (Lipinski definition) is 0. The van der Waals surface area contributed by atoms with E-state index in [-0.39, 0.29) is 6.61 Å². The van der Waals surface area contributed by atoms with Gasteiger partial charge in [0.05, 0.1) is 36.6 Å². The second-order valence-electron chi connectivity index (χ2n) is 5.32. The minimum atomic E-state index is -3.54. The Morgan fingerprint density at radius 3 is 2.48 bits per heavy atom. The van der Waals surface area contributed by atoms with Crippen molar-refractivity contribution in [1.29, 1.82) is 0 Å². The first-order valence-electron chi connectivity index (χ1n) is 7.45. The molecule has 0 bridgehead atoms. The number of pyridine rings is 1. The Labute approximate surface area is 146 Å². The Hall–Kier alpha value is -2.71. The molecule has 0 saturated heterocycles. The van der Waals surface area contributed by atoms with Crippen molar-refractivity contribution in [3.63, 3.8) is 0 Å². The molecule has 0 atom stereocenters. The number of hydrogen-bond acceptors (Lipinski definition) is 6. The summed E-state index contributed by atoms with van der Waals surface area (Å²) in [5.74, 6) is 0.498. The van der Waals surface area contributed by atoms with Crippen molar-refractivity contribution in [1.82, 2.24) is 14.8 Å². The molecule has 2 heterocycles. The van der Waals surface area contributed by atoms with Gasteiger partial charge in [0.15, 0.2) is 0 Å². The SMILES string of the molecule is COc1ccc(-n2nc(COS(C)(=O)=O)cc2-c2ccccc2)cn1. The lowest BCUT2D eigenvalue weighted by Gasteiger charge is -2.07. The summed E-state index contributed by atoms with van der Waals surface area (Å²) in [4.78, 5) is 4.19. The molecule has 3 rings (SSSR count). The van der Waals surface area contributed by atoms with Crippen molar-refractivity contribution >= 4 is 10.1 Å². The van der Waals surface area contributed by atoms with E-state index in [2.05, 4.69) is 10.1 Å². The van der Waals surface area contributed by atoms with Crippen molar-refractivity contribution in [2.45, 2.75) is 6.61 Å². The summed E-state index contributed by atoms with van der Waals surface area (Å²) in [6.45, 7) is -0.130. The van der Waals surface area contributed by atoms with Crippen molar-refractivity contribution in [2.24, 2.45) is 0 Å². The van der Waals surface area contributed by atoms with Crippen LogP contribution in [0.15, 0.2) is 54.7 Å². The van der Waals surface area contributed by atoms with Crippen molar-refractivity contribution in [2.75, 3.05) is 13.4 Å². The maximum atomic E-state index is 11.2. The number of rotatable bonds is 6. The van der Waals surface area contributed by atoms with Gasteiger partial charge in [0, 0.05) is 11.6 Å². The van der Waals surface area contributed by atoms with Crippen LogP contribution in [0.2, 0.25) is 0 Å². The lowest BCUT2D eigenvalue weighted by Crippen LogP contribution is -2.04. The Kier molecular flexibility index (Phi) is 4.82. The standard InChI is InChI=1S/C17H17N3O4S/c1-23-17-9-8-15(11-18-17)20-16(13-6-4-3-5-7-13)10-14(19-20)12-24-25(2,21)22/h3-11H,12H2,1-2H3. The molecule has 7 nitrogen and oxygen atoms in total. The second kappa shape index (κ2) is 7.04. The number of benzene rings is 1. The Bertz CT molecular complexity index is 951. The summed E-state index contributed by atoms with van der Waals surface area (Å²) in [6, 6.07) is 15.0. The number of nitrogens with zero attached hydrogens (tertiary/aromatic N) is 3. The van der Waals surface area contributed by atoms with Gasteiger partial charge >= 0.3 is 0 Å². The van der Waals surface area contributed by atoms with E-state index in [1.807, 2.05) is 36.4 Å². The fraction of sp³-hybridized carbons (Fsp3) is 0.176. The molecule has 0 aliphatic carbocycles. The van der Waals surface area contributed by atoms with Crippen LogP contribution in [0.4, 0.5) is 0 Å². The second-order valence-corrected chi connectivity index (χ2v) is 6.97. The predicted molar refractivity (Wildman–Crippen MR) is 93.0 cm³/mol. The van der Waals surface area contributed by atoms with Crippen molar-refractivity contribution in [3.8, 4) is 22.8 Å². The van der Waals surface area contributed by atoms with Crippen LogP contribution in [-0.4, -0.2) is 36.5 Å². The molecule has 130 valence electrons. The Balaban J connectivity index is 2.03. The fourth-order valence-corrected chi connectivity index (χ4v) is 2.63. The third-order valence-corrected chi connectivity index (χ3v) is 3.97. The first-order chi connectivity index (χ1) is 12.0. The van der Waals surface area contributed by atoms with Gasteiger partial charge in [-0.3, -0.25) is 4.18 Å². The molecule has 0 aliphatic heterocycles. The maximum Gasteiger partial charge on any atom is 0.264 e. The minimum absolute atomic E-state index is 0.130. The van der Waals surface area contributed by atoms with Gasteiger partial charge in [0.1, 0.15) is 6.61 Å². The molecule has 0 fully saturated rings.